The van der Waals surface area contributed by atoms with Crippen LogP contribution in [-0.2, 0) is 15.8 Å². The second-order valence-electron chi connectivity index (χ2n) is 5.17. The van der Waals surface area contributed by atoms with Crippen LogP contribution in [0.2, 0.25) is 0 Å². The molecule has 2 rings (SSSR count). The molecule has 1 aliphatic rings. The van der Waals surface area contributed by atoms with Gasteiger partial charge in [-0.3, -0.25) is 0 Å². The zero-order valence-corrected chi connectivity index (χ0v) is 11.5. The number of rotatable bonds is 6. The summed E-state index contributed by atoms with van der Waals surface area (Å²) in [7, 11) is 1.71. The van der Waals surface area contributed by atoms with E-state index >= 15 is 0 Å². The summed E-state index contributed by atoms with van der Waals surface area (Å²) >= 11 is 0. The van der Waals surface area contributed by atoms with Gasteiger partial charge in [-0.2, -0.15) is 4.98 Å². The molecule has 1 aromatic rings. The van der Waals surface area contributed by atoms with Gasteiger partial charge in [-0.1, -0.05) is 19.0 Å². The number of hydrogen-bond donors (Lipinski definition) is 1. The quantitative estimate of drug-likeness (QED) is 0.840. The molecule has 0 spiro atoms. The van der Waals surface area contributed by atoms with E-state index < -0.39 is 0 Å². The average molecular weight is 253 g/mol. The van der Waals surface area contributed by atoms with E-state index in [1.807, 2.05) is 0 Å². The van der Waals surface area contributed by atoms with Crippen LogP contribution in [0.25, 0.3) is 0 Å². The van der Waals surface area contributed by atoms with Crippen LogP contribution in [0.1, 0.15) is 57.7 Å². The molecule has 2 N–H and O–H groups in total. The standard InChI is InChI=1S/C13H23N3O2/c1-4-12(5-2,9-14)11-15-10(16-18-11)13(17-3)7-6-8-13/h4-9,14H2,1-3H3. The van der Waals surface area contributed by atoms with Crippen LogP contribution in [0.4, 0.5) is 0 Å². The lowest BCUT2D eigenvalue weighted by Crippen LogP contribution is -2.38. The Morgan fingerprint density at radius 1 is 1.39 bits per heavy atom. The van der Waals surface area contributed by atoms with E-state index in [1.165, 1.54) is 0 Å². The van der Waals surface area contributed by atoms with Crippen LogP contribution in [-0.4, -0.2) is 23.8 Å². The minimum atomic E-state index is -0.316. The fraction of sp³-hybridized carbons (Fsp3) is 0.846. The van der Waals surface area contributed by atoms with Gasteiger partial charge >= 0.3 is 0 Å². The van der Waals surface area contributed by atoms with E-state index in [1.54, 1.807) is 7.11 Å². The van der Waals surface area contributed by atoms with E-state index in [0.29, 0.717) is 18.3 Å². The number of nitrogens with zero attached hydrogens (tertiary/aromatic N) is 2. The Labute approximate surface area is 108 Å². The fourth-order valence-corrected chi connectivity index (χ4v) is 2.57. The largest absolute Gasteiger partial charge is 0.370 e. The second kappa shape index (κ2) is 4.97. The third-order valence-corrected chi connectivity index (χ3v) is 4.58. The molecule has 18 heavy (non-hydrogen) atoms. The Morgan fingerprint density at radius 3 is 2.44 bits per heavy atom. The van der Waals surface area contributed by atoms with Crippen molar-refractivity contribution >= 4 is 0 Å². The molecule has 0 radical (unpaired) electrons. The van der Waals surface area contributed by atoms with Gasteiger partial charge in [0, 0.05) is 13.7 Å². The van der Waals surface area contributed by atoms with Crippen molar-refractivity contribution in [1.29, 1.82) is 0 Å². The third-order valence-electron chi connectivity index (χ3n) is 4.58. The van der Waals surface area contributed by atoms with Crippen molar-refractivity contribution < 1.29 is 9.26 Å². The molecule has 0 amide bonds. The van der Waals surface area contributed by atoms with Crippen molar-refractivity contribution in [3.63, 3.8) is 0 Å². The lowest BCUT2D eigenvalue weighted by atomic mass is 9.79. The molecular weight excluding hydrogens is 230 g/mol. The third kappa shape index (κ3) is 1.86. The van der Waals surface area contributed by atoms with Crippen LogP contribution in [0.15, 0.2) is 4.52 Å². The molecule has 1 aliphatic carbocycles. The Balaban J connectivity index is 2.29. The summed E-state index contributed by atoms with van der Waals surface area (Å²) in [6, 6.07) is 0. The summed E-state index contributed by atoms with van der Waals surface area (Å²) in [6.07, 6.45) is 4.90. The van der Waals surface area contributed by atoms with E-state index in [4.69, 9.17) is 15.0 Å². The summed E-state index contributed by atoms with van der Waals surface area (Å²) in [5.74, 6) is 1.35. The van der Waals surface area contributed by atoms with E-state index in [2.05, 4.69) is 24.0 Å². The van der Waals surface area contributed by atoms with Crippen molar-refractivity contribution in [3.8, 4) is 0 Å². The first-order valence-electron chi connectivity index (χ1n) is 6.76. The van der Waals surface area contributed by atoms with Gasteiger partial charge in [0.25, 0.3) is 0 Å². The first-order valence-corrected chi connectivity index (χ1v) is 6.76. The molecule has 5 nitrogen and oxygen atoms in total. The first kappa shape index (κ1) is 13.5. The van der Waals surface area contributed by atoms with Crippen molar-refractivity contribution in [2.24, 2.45) is 5.73 Å². The lowest BCUT2D eigenvalue weighted by Gasteiger charge is -2.37. The van der Waals surface area contributed by atoms with Gasteiger partial charge in [-0.25, -0.2) is 0 Å². The summed E-state index contributed by atoms with van der Waals surface area (Å²) in [4.78, 5) is 4.58. The molecular formula is C13H23N3O2. The second-order valence-corrected chi connectivity index (χ2v) is 5.17. The molecule has 0 aliphatic heterocycles. The molecule has 0 unspecified atom stereocenters. The van der Waals surface area contributed by atoms with Crippen LogP contribution >= 0.6 is 0 Å². The number of ether oxygens (including phenoxy) is 1. The highest BCUT2D eigenvalue weighted by atomic mass is 16.5. The van der Waals surface area contributed by atoms with Gasteiger partial charge in [0.05, 0.1) is 5.41 Å². The molecule has 1 fully saturated rings. The lowest BCUT2D eigenvalue weighted by molar-refractivity contribution is -0.0858. The maximum atomic E-state index is 5.90. The smallest absolute Gasteiger partial charge is 0.234 e. The molecule has 102 valence electrons. The molecule has 0 atom stereocenters. The molecule has 1 heterocycles. The highest BCUT2D eigenvalue weighted by Crippen LogP contribution is 2.43. The van der Waals surface area contributed by atoms with Crippen LogP contribution < -0.4 is 5.73 Å². The summed E-state index contributed by atoms with van der Waals surface area (Å²) < 4.78 is 11.0. The van der Waals surface area contributed by atoms with Crippen molar-refractivity contribution in [3.05, 3.63) is 11.7 Å². The van der Waals surface area contributed by atoms with Gasteiger partial charge in [0.1, 0.15) is 5.60 Å². The van der Waals surface area contributed by atoms with Gasteiger partial charge in [0.15, 0.2) is 0 Å². The Hall–Kier alpha value is -0.940. The molecule has 0 saturated heterocycles. The van der Waals surface area contributed by atoms with Crippen molar-refractivity contribution in [1.82, 2.24) is 10.1 Å². The van der Waals surface area contributed by atoms with Crippen molar-refractivity contribution in [2.45, 2.75) is 57.0 Å². The number of methoxy groups -OCH3 is 1. The maximum absolute atomic E-state index is 5.90. The summed E-state index contributed by atoms with van der Waals surface area (Å²) in [6.45, 7) is 4.74. The van der Waals surface area contributed by atoms with Crippen LogP contribution in [0.5, 0.6) is 0 Å². The van der Waals surface area contributed by atoms with Crippen LogP contribution in [0.3, 0.4) is 0 Å². The predicted molar refractivity (Wildman–Crippen MR) is 68.2 cm³/mol. The molecule has 0 bridgehead atoms. The zero-order valence-electron chi connectivity index (χ0n) is 11.5. The number of nitrogens with two attached hydrogens (primary N) is 1. The minimum Gasteiger partial charge on any atom is -0.370 e. The SMILES string of the molecule is CCC(CC)(CN)c1nc(C2(OC)CCC2)no1. The highest BCUT2D eigenvalue weighted by molar-refractivity contribution is 5.11. The zero-order chi connectivity index (χ0) is 13.2. The average Bonchev–Trinajstić information content (AvgIpc) is 2.82. The number of hydrogen-bond acceptors (Lipinski definition) is 5. The molecule has 1 aromatic heterocycles. The predicted octanol–water partition coefficient (Wildman–Crippen LogP) is 2.11. The minimum absolute atomic E-state index is 0.191. The molecule has 1 saturated carbocycles. The fourth-order valence-electron chi connectivity index (χ4n) is 2.57. The topological polar surface area (TPSA) is 74.2 Å². The van der Waals surface area contributed by atoms with Gasteiger partial charge in [-0.15, -0.1) is 0 Å². The Bertz CT molecular complexity index is 381. The Morgan fingerprint density at radius 2 is 2.06 bits per heavy atom. The molecule has 5 heteroatoms. The Kier molecular flexibility index (Phi) is 3.73. The highest BCUT2D eigenvalue weighted by Gasteiger charge is 2.44. The monoisotopic (exact) mass is 253 g/mol. The molecule has 0 aromatic carbocycles. The van der Waals surface area contributed by atoms with E-state index in [-0.39, 0.29) is 11.0 Å². The summed E-state index contributed by atoms with van der Waals surface area (Å²) in [5, 5.41) is 4.12. The number of aromatic nitrogens is 2. The van der Waals surface area contributed by atoms with E-state index in [9.17, 15) is 0 Å². The van der Waals surface area contributed by atoms with Crippen LogP contribution in [0, 0.1) is 0 Å². The van der Waals surface area contributed by atoms with Gasteiger partial charge in [0.2, 0.25) is 11.7 Å². The normalized spacial score (nSPS) is 18.7. The first-order chi connectivity index (χ1) is 8.66. The van der Waals surface area contributed by atoms with Crippen molar-refractivity contribution in [2.75, 3.05) is 13.7 Å². The maximum Gasteiger partial charge on any atom is 0.234 e. The van der Waals surface area contributed by atoms with E-state index in [0.717, 1.165) is 32.1 Å². The van der Waals surface area contributed by atoms with Gasteiger partial charge < -0.3 is 15.0 Å². The summed E-state index contributed by atoms with van der Waals surface area (Å²) in [5.41, 5.74) is 5.39. The van der Waals surface area contributed by atoms with Gasteiger partial charge in [-0.05, 0) is 32.1 Å².